The number of nitrogens with zero attached hydrogens (tertiary/aromatic N) is 1. The maximum absolute atomic E-state index is 10.2. The van der Waals surface area contributed by atoms with Crippen LogP contribution in [0.5, 0.6) is 0 Å². The van der Waals surface area contributed by atoms with Crippen LogP contribution in [0.15, 0.2) is 0 Å². The molecule has 1 aliphatic heterocycles. The van der Waals surface area contributed by atoms with E-state index < -0.39 is 0 Å². The smallest absolute Gasteiger partial charge is 0.0695 e. The van der Waals surface area contributed by atoms with Crippen LogP contribution in [0, 0.1) is 5.41 Å². The molecule has 0 radical (unpaired) electrons. The Hall–Kier alpha value is -0.120. The van der Waals surface area contributed by atoms with Crippen LogP contribution in [0.3, 0.4) is 0 Å². The Balaban J connectivity index is 1.92. The highest BCUT2D eigenvalue weighted by molar-refractivity contribution is 4.92. The third kappa shape index (κ3) is 3.21. The SMILES string of the molecule is COC1CCN(C2CC(C)(C)CCC2O)CC1. The number of ether oxygens (including phenoxy) is 1. The largest absolute Gasteiger partial charge is 0.391 e. The van der Waals surface area contributed by atoms with Crippen molar-refractivity contribution >= 4 is 0 Å². The van der Waals surface area contributed by atoms with E-state index in [1.165, 1.54) is 0 Å². The monoisotopic (exact) mass is 241 g/mol. The summed E-state index contributed by atoms with van der Waals surface area (Å²) in [7, 11) is 1.80. The fourth-order valence-electron chi connectivity index (χ4n) is 3.35. The van der Waals surface area contributed by atoms with Gasteiger partial charge in [-0.1, -0.05) is 13.8 Å². The van der Waals surface area contributed by atoms with Crippen molar-refractivity contribution in [3.63, 3.8) is 0 Å². The fourth-order valence-corrected chi connectivity index (χ4v) is 3.35. The highest BCUT2D eigenvalue weighted by Gasteiger charge is 2.38. The second kappa shape index (κ2) is 5.25. The molecule has 1 saturated heterocycles. The van der Waals surface area contributed by atoms with Gasteiger partial charge in [-0.15, -0.1) is 0 Å². The van der Waals surface area contributed by atoms with Crippen molar-refractivity contribution in [2.75, 3.05) is 20.2 Å². The maximum atomic E-state index is 10.2. The van der Waals surface area contributed by atoms with Crippen molar-refractivity contribution in [3.05, 3.63) is 0 Å². The van der Waals surface area contributed by atoms with E-state index in [-0.39, 0.29) is 6.10 Å². The molecule has 0 aromatic rings. The summed E-state index contributed by atoms with van der Waals surface area (Å²) in [5, 5.41) is 10.2. The Morgan fingerprint density at radius 3 is 2.41 bits per heavy atom. The summed E-state index contributed by atoms with van der Waals surface area (Å²) in [5.74, 6) is 0. The van der Waals surface area contributed by atoms with Crippen LogP contribution in [0.25, 0.3) is 0 Å². The van der Waals surface area contributed by atoms with Gasteiger partial charge in [0, 0.05) is 26.2 Å². The zero-order valence-electron chi connectivity index (χ0n) is 11.5. The van der Waals surface area contributed by atoms with E-state index in [0.29, 0.717) is 17.6 Å². The summed E-state index contributed by atoms with van der Waals surface area (Å²) in [6, 6.07) is 0.372. The van der Waals surface area contributed by atoms with Gasteiger partial charge in [-0.05, 0) is 37.5 Å². The minimum absolute atomic E-state index is 0.123. The average molecular weight is 241 g/mol. The quantitative estimate of drug-likeness (QED) is 0.803. The molecule has 1 saturated carbocycles. The molecule has 100 valence electrons. The molecule has 0 amide bonds. The molecule has 0 aromatic heterocycles. The van der Waals surface area contributed by atoms with Gasteiger partial charge in [-0.2, -0.15) is 0 Å². The highest BCUT2D eigenvalue weighted by atomic mass is 16.5. The summed E-state index contributed by atoms with van der Waals surface area (Å²) in [6.07, 6.45) is 5.77. The zero-order valence-corrected chi connectivity index (χ0v) is 11.5. The van der Waals surface area contributed by atoms with Gasteiger partial charge in [-0.25, -0.2) is 0 Å². The molecule has 3 nitrogen and oxygen atoms in total. The fraction of sp³-hybridized carbons (Fsp3) is 1.00. The minimum Gasteiger partial charge on any atom is -0.391 e. The lowest BCUT2D eigenvalue weighted by atomic mass is 9.73. The van der Waals surface area contributed by atoms with E-state index in [0.717, 1.165) is 45.2 Å². The number of piperidine rings is 1. The lowest BCUT2D eigenvalue weighted by molar-refractivity contribution is -0.0446. The number of aliphatic hydroxyl groups excluding tert-OH is 1. The summed E-state index contributed by atoms with van der Waals surface area (Å²) >= 11 is 0. The maximum Gasteiger partial charge on any atom is 0.0695 e. The predicted octanol–water partition coefficient (Wildman–Crippen LogP) is 2.04. The van der Waals surface area contributed by atoms with E-state index >= 15 is 0 Å². The summed E-state index contributed by atoms with van der Waals surface area (Å²) in [5.41, 5.74) is 0.391. The molecule has 2 aliphatic rings. The van der Waals surface area contributed by atoms with Crippen LogP contribution >= 0.6 is 0 Å². The van der Waals surface area contributed by atoms with E-state index in [4.69, 9.17) is 4.74 Å². The lowest BCUT2D eigenvalue weighted by Crippen LogP contribution is -2.52. The van der Waals surface area contributed by atoms with E-state index in [2.05, 4.69) is 18.7 Å². The van der Waals surface area contributed by atoms with Gasteiger partial charge < -0.3 is 9.84 Å². The molecular weight excluding hydrogens is 214 g/mol. The number of methoxy groups -OCH3 is 1. The van der Waals surface area contributed by atoms with Crippen LogP contribution in [0.4, 0.5) is 0 Å². The Kier molecular flexibility index (Phi) is 4.11. The van der Waals surface area contributed by atoms with Crippen LogP contribution in [-0.4, -0.2) is 48.5 Å². The molecule has 17 heavy (non-hydrogen) atoms. The lowest BCUT2D eigenvalue weighted by Gasteiger charge is -2.46. The molecule has 1 aliphatic carbocycles. The first kappa shape index (κ1) is 13.3. The van der Waals surface area contributed by atoms with E-state index in [9.17, 15) is 5.11 Å². The van der Waals surface area contributed by atoms with Crippen molar-refractivity contribution in [1.29, 1.82) is 0 Å². The molecule has 3 heteroatoms. The number of likely N-dealkylation sites (tertiary alicyclic amines) is 1. The van der Waals surface area contributed by atoms with Gasteiger partial charge in [0.15, 0.2) is 0 Å². The molecule has 2 unspecified atom stereocenters. The van der Waals surface area contributed by atoms with Crippen LogP contribution in [0.1, 0.15) is 46.0 Å². The third-order valence-electron chi connectivity index (χ3n) is 4.60. The first-order chi connectivity index (χ1) is 8.02. The number of rotatable bonds is 2. The Labute approximate surface area is 105 Å². The molecule has 1 heterocycles. The summed E-state index contributed by atoms with van der Waals surface area (Å²) < 4.78 is 5.41. The van der Waals surface area contributed by atoms with E-state index in [1.807, 2.05) is 0 Å². The molecule has 2 rings (SSSR count). The number of hydrogen-bond donors (Lipinski definition) is 1. The second-order valence-corrected chi connectivity index (χ2v) is 6.51. The standard InChI is InChI=1S/C14H27NO2/c1-14(2)7-4-13(16)12(10-14)15-8-5-11(17-3)6-9-15/h11-13,16H,4-10H2,1-3H3. The Morgan fingerprint density at radius 1 is 1.18 bits per heavy atom. The summed E-state index contributed by atoms with van der Waals surface area (Å²) in [4.78, 5) is 2.49. The average Bonchev–Trinajstić information content (AvgIpc) is 2.33. The van der Waals surface area contributed by atoms with Crippen molar-refractivity contribution < 1.29 is 9.84 Å². The normalized spacial score (nSPS) is 36.0. The molecule has 0 bridgehead atoms. The first-order valence-electron chi connectivity index (χ1n) is 6.97. The van der Waals surface area contributed by atoms with Crippen LogP contribution < -0.4 is 0 Å². The summed E-state index contributed by atoms with van der Waals surface area (Å²) in [6.45, 7) is 6.81. The van der Waals surface area contributed by atoms with Gasteiger partial charge in [0.1, 0.15) is 0 Å². The molecule has 1 N–H and O–H groups in total. The third-order valence-corrected chi connectivity index (χ3v) is 4.60. The van der Waals surface area contributed by atoms with Gasteiger partial charge in [0.2, 0.25) is 0 Å². The Bertz CT molecular complexity index is 247. The van der Waals surface area contributed by atoms with Crippen LogP contribution in [-0.2, 0) is 4.74 Å². The van der Waals surface area contributed by atoms with Crippen LogP contribution in [0.2, 0.25) is 0 Å². The van der Waals surface area contributed by atoms with Crippen molar-refractivity contribution in [1.82, 2.24) is 4.90 Å². The van der Waals surface area contributed by atoms with Gasteiger partial charge in [0.05, 0.1) is 12.2 Å². The van der Waals surface area contributed by atoms with Gasteiger partial charge >= 0.3 is 0 Å². The number of aliphatic hydroxyl groups is 1. The highest BCUT2D eigenvalue weighted by Crippen LogP contribution is 2.38. The van der Waals surface area contributed by atoms with E-state index in [1.54, 1.807) is 7.11 Å². The predicted molar refractivity (Wildman–Crippen MR) is 69.0 cm³/mol. The molecular formula is C14H27NO2. The molecule has 0 spiro atoms. The van der Waals surface area contributed by atoms with Crippen molar-refractivity contribution in [2.45, 2.75) is 64.2 Å². The Morgan fingerprint density at radius 2 is 1.82 bits per heavy atom. The second-order valence-electron chi connectivity index (χ2n) is 6.51. The molecule has 2 fully saturated rings. The van der Waals surface area contributed by atoms with Gasteiger partial charge in [0.25, 0.3) is 0 Å². The molecule has 0 aromatic carbocycles. The van der Waals surface area contributed by atoms with Crippen molar-refractivity contribution in [3.8, 4) is 0 Å². The van der Waals surface area contributed by atoms with Crippen molar-refractivity contribution in [2.24, 2.45) is 5.41 Å². The van der Waals surface area contributed by atoms with Gasteiger partial charge in [-0.3, -0.25) is 4.90 Å². The topological polar surface area (TPSA) is 32.7 Å². The first-order valence-corrected chi connectivity index (χ1v) is 6.97. The zero-order chi connectivity index (χ0) is 12.5. The molecule has 2 atom stereocenters. The number of hydrogen-bond acceptors (Lipinski definition) is 3. The minimum atomic E-state index is -0.123.